The Kier molecular flexibility index (Phi) is 4.60. The molecule has 8 heteroatoms. The number of carbonyl (C=O) groups excluding carboxylic acids is 2. The van der Waals surface area contributed by atoms with Crippen molar-refractivity contribution in [2.24, 2.45) is 0 Å². The fourth-order valence-corrected chi connectivity index (χ4v) is 2.50. The number of nitrogens with zero attached hydrogens (tertiary/aromatic N) is 1. The van der Waals surface area contributed by atoms with Crippen molar-refractivity contribution in [2.45, 2.75) is 6.42 Å². The number of carbonyl (C=O) groups is 2. The Labute approximate surface area is 141 Å². The molecule has 1 fully saturated rings. The molecule has 1 aliphatic rings. The van der Waals surface area contributed by atoms with Gasteiger partial charge in [0.2, 0.25) is 0 Å². The number of amides is 3. The molecule has 0 aromatic heterocycles. The molecule has 2 aromatic carbocycles. The molecule has 0 bridgehead atoms. The van der Waals surface area contributed by atoms with Gasteiger partial charge in [0.15, 0.2) is 17.5 Å². The summed E-state index contributed by atoms with van der Waals surface area (Å²) in [5.41, 5.74) is 0.378. The molecule has 0 saturated carbocycles. The van der Waals surface area contributed by atoms with Gasteiger partial charge in [0.25, 0.3) is 5.91 Å². The Balaban J connectivity index is 1.74. The van der Waals surface area contributed by atoms with Gasteiger partial charge in [-0.15, -0.1) is 0 Å². The molecule has 130 valence electrons. The summed E-state index contributed by atoms with van der Waals surface area (Å²) in [7, 11) is 0. The van der Waals surface area contributed by atoms with Crippen LogP contribution in [0.1, 0.15) is 16.8 Å². The fourth-order valence-electron chi connectivity index (χ4n) is 2.50. The second-order valence-corrected chi connectivity index (χ2v) is 5.46. The minimum Gasteiger partial charge on any atom is -0.338 e. The Morgan fingerprint density at radius 2 is 1.76 bits per heavy atom. The van der Waals surface area contributed by atoms with E-state index in [1.165, 1.54) is 12.1 Å². The smallest absolute Gasteiger partial charge is 0.321 e. The molecule has 0 aliphatic carbocycles. The van der Waals surface area contributed by atoms with Crippen LogP contribution in [0.4, 0.5) is 29.3 Å². The predicted octanol–water partition coefficient (Wildman–Crippen LogP) is 3.28. The molecule has 25 heavy (non-hydrogen) atoms. The third-order valence-electron chi connectivity index (χ3n) is 3.80. The van der Waals surface area contributed by atoms with Crippen molar-refractivity contribution in [3.8, 4) is 0 Å². The van der Waals surface area contributed by atoms with Crippen molar-refractivity contribution in [1.82, 2.24) is 5.32 Å². The van der Waals surface area contributed by atoms with Crippen LogP contribution in [-0.2, 0) is 0 Å². The quantitative estimate of drug-likeness (QED) is 0.836. The minimum atomic E-state index is -1.70. The first-order valence-corrected chi connectivity index (χ1v) is 7.57. The minimum absolute atomic E-state index is 0.202. The average Bonchev–Trinajstić information content (AvgIpc) is 2.61. The maximum absolute atomic E-state index is 13.6. The normalized spacial score (nSPS) is 14.2. The molecule has 5 nitrogen and oxygen atoms in total. The molecule has 2 aromatic rings. The maximum atomic E-state index is 13.6. The van der Waals surface area contributed by atoms with Gasteiger partial charge in [-0.25, -0.2) is 18.0 Å². The zero-order valence-corrected chi connectivity index (χ0v) is 13.0. The summed E-state index contributed by atoms with van der Waals surface area (Å²) in [5, 5.41) is 5.12. The van der Waals surface area contributed by atoms with E-state index in [1.807, 2.05) is 0 Å². The molecule has 3 amide bonds. The number of rotatable bonds is 3. The van der Waals surface area contributed by atoms with Crippen molar-refractivity contribution >= 4 is 23.3 Å². The van der Waals surface area contributed by atoms with E-state index < -0.39 is 28.9 Å². The number of anilines is 2. The number of nitrogens with one attached hydrogen (secondary N) is 2. The zero-order chi connectivity index (χ0) is 18.0. The molecule has 0 radical (unpaired) electrons. The largest absolute Gasteiger partial charge is 0.338 e. The van der Waals surface area contributed by atoms with Gasteiger partial charge < -0.3 is 10.6 Å². The number of hydrogen-bond donors (Lipinski definition) is 2. The summed E-state index contributed by atoms with van der Waals surface area (Å²) in [6.07, 6.45) is 0.819. The van der Waals surface area contributed by atoms with Crippen LogP contribution < -0.4 is 15.5 Å². The summed E-state index contributed by atoms with van der Waals surface area (Å²) < 4.78 is 39.8. The Hall–Kier alpha value is -3.03. The van der Waals surface area contributed by atoms with Gasteiger partial charge in [0.05, 0.1) is 5.56 Å². The average molecular weight is 349 g/mol. The van der Waals surface area contributed by atoms with E-state index in [4.69, 9.17) is 0 Å². The lowest BCUT2D eigenvalue weighted by Gasteiger charge is -2.27. The third-order valence-corrected chi connectivity index (χ3v) is 3.80. The van der Waals surface area contributed by atoms with E-state index in [-0.39, 0.29) is 6.03 Å². The van der Waals surface area contributed by atoms with Gasteiger partial charge in [-0.2, -0.15) is 0 Å². The van der Waals surface area contributed by atoms with E-state index in [1.54, 1.807) is 17.0 Å². The molecule has 1 heterocycles. The summed E-state index contributed by atoms with van der Waals surface area (Å²) in [6.45, 7) is 1.21. The zero-order valence-electron chi connectivity index (χ0n) is 13.0. The number of urea groups is 1. The van der Waals surface area contributed by atoms with Crippen LogP contribution in [0, 0.1) is 17.5 Å². The van der Waals surface area contributed by atoms with E-state index in [0.29, 0.717) is 30.5 Å². The van der Waals surface area contributed by atoms with Crippen molar-refractivity contribution in [1.29, 1.82) is 0 Å². The molecule has 0 atom stereocenters. The first-order valence-electron chi connectivity index (χ1n) is 7.57. The van der Waals surface area contributed by atoms with Gasteiger partial charge in [0.1, 0.15) is 0 Å². The second-order valence-electron chi connectivity index (χ2n) is 5.46. The molecule has 2 N–H and O–H groups in total. The maximum Gasteiger partial charge on any atom is 0.321 e. The highest BCUT2D eigenvalue weighted by Gasteiger charge is 2.20. The standard InChI is InChI=1S/C17H14F3N3O2/c18-13-7-6-12(14(19)15(13)20)16(24)22-10-2-4-11(5-3-10)23-9-1-8-21-17(23)25/h2-7H,1,8-9H2,(H,21,25)(H,22,24). The SMILES string of the molecule is O=C(Nc1ccc(N2CCCNC2=O)cc1)c1ccc(F)c(F)c1F. The first-order chi connectivity index (χ1) is 12.0. The summed E-state index contributed by atoms with van der Waals surface area (Å²) in [6, 6.07) is 7.68. The third kappa shape index (κ3) is 3.42. The van der Waals surface area contributed by atoms with Crippen LogP contribution in [0.5, 0.6) is 0 Å². The van der Waals surface area contributed by atoms with E-state index >= 15 is 0 Å². The lowest BCUT2D eigenvalue weighted by molar-refractivity contribution is 0.102. The van der Waals surface area contributed by atoms with E-state index in [2.05, 4.69) is 10.6 Å². The molecular weight excluding hydrogens is 335 g/mol. The van der Waals surface area contributed by atoms with Crippen molar-refractivity contribution in [3.63, 3.8) is 0 Å². The van der Waals surface area contributed by atoms with Gasteiger partial charge in [-0.1, -0.05) is 0 Å². The Morgan fingerprint density at radius 3 is 2.44 bits per heavy atom. The number of halogens is 3. The topological polar surface area (TPSA) is 61.4 Å². The molecular formula is C17H14F3N3O2. The molecule has 0 spiro atoms. The first kappa shape index (κ1) is 16.8. The van der Waals surface area contributed by atoms with Gasteiger partial charge in [0, 0.05) is 24.5 Å². The van der Waals surface area contributed by atoms with Crippen LogP contribution in [0.25, 0.3) is 0 Å². The van der Waals surface area contributed by atoms with Crippen LogP contribution >= 0.6 is 0 Å². The van der Waals surface area contributed by atoms with Gasteiger partial charge in [-0.3, -0.25) is 9.69 Å². The monoisotopic (exact) mass is 349 g/mol. The summed E-state index contributed by atoms with van der Waals surface area (Å²) in [4.78, 5) is 25.4. The highest BCUT2D eigenvalue weighted by Crippen LogP contribution is 2.21. The van der Waals surface area contributed by atoms with E-state index in [0.717, 1.165) is 12.5 Å². The van der Waals surface area contributed by atoms with Crippen molar-refractivity contribution in [3.05, 3.63) is 59.4 Å². The Bertz CT molecular complexity index is 825. The predicted molar refractivity (Wildman–Crippen MR) is 86.1 cm³/mol. The van der Waals surface area contributed by atoms with Crippen molar-refractivity contribution < 1.29 is 22.8 Å². The fraction of sp³-hybridized carbons (Fsp3) is 0.176. The van der Waals surface area contributed by atoms with Gasteiger partial charge in [-0.05, 0) is 42.8 Å². The van der Waals surface area contributed by atoms with Crippen LogP contribution in [0.2, 0.25) is 0 Å². The van der Waals surface area contributed by atoms with Crippen LogP contribution in [0.3, 0.4) is 0 Å². The lowest BCUT2D eigenvalue weighted by Crippen LogP contribution is -2.46. The highest BCUT2D eigenvalue weighted by molar-refractivity contribution is 6.04. The van der Waals surface area contributed by atoms with Gasteiger partial charge >= 0.3 is 6.03 Å². The molecule has 3 rings (SSSR count). The summed E-state index contributed by atoms with van der Waals surface area (Å²) >= 11 is 0. The lowest BCUT2D eigenvalue weighted by atomic mass is 10.1. The Morgan fingerprint density at radius 1 is 1.04 bits per heavy atom. The number of hydrogen-bond acceptors (Lipinski definition) is 2. The molecule has 0 unspecified atom stereocenters. The van der Waals surface area contributed by atoms with Crippen molar-refractivity contribution in [2.75, 3.05) is 23.3 Å². The van der Waals surface area contributed by atoms with Crippen LogP contribution in [-0.4, -0.2) is 25.0 Å². The number of benzene rings is 2. The second kappa shape index (κ2) is 6.84. The molecule has 1 aliphatic heterocycles. The highest BCUT2D eigenvalue weighted by atomic mass is 19.2. The summed E-state index contributed by atoms with van der Waals surface area (Å²) in [5.74, 6) is -5.50. The van der Waals surface area contributed by atoms with Crippen LogP contribution in [0.15, 0.2) is 36.4 Å². The molecule has 1 saturated heterocycles. The van der Waals surface area contributed by atoms with E-state index in [9.17, 15) is 22.8 Å².